The first-order valence-electron chi connectivity index (χ1n) is 18.7. The van der Waals surface area contributed by atoms with Gasteiger partial charge < -0.3 is 9.47 Å². The Labute approximate surface area is 296 Å². The molecule has 0 aliphatic heterocycles. The molecular formula is C47H54O2. The maximum atomic E-state index is 5.35. The molecule has 1 aliphatic rings. The lowest BCUT2D eigenvalue weighted by molar-refractivity contribution is 0.397. The van der Waals surface area contributed by atoms with Crippen molar-refractivity contribution in [3.05, 3.63) is 118 Å². The van der Waals surface area contributed by atoms with Gasteiger partial charge in [-0.05, 0) is 108 Å². The Morgan fingerprint density at radius 3 is 1.16 bits per heavy atom. The van der Waals surface area contributed by atoms with E-state index in [1.807, 2.05) is 48.5 Å². The maximum absolute atomic E-state index is 5.35. The highest BCUT2D eigenvalue weighted by atomic mass is 16.5. The van der Waals surface area contributed by atoms with Gasteiger partial charge in [0.1, 0.15) is 11.5 Å². The average Bonchev–Trinajstić information content (AvgIpc) is 3.41. The van der Waals surface area contributed by atoms with Crippen molar-refractivity contribution in [1.82, 2.24) is 0 Å². The monoisotopic (exact) mass is 650 g/mol. The standard InChI is InChI=1S/C47H54O2/c1-5-7-9-11-13-15-33-47(34-16-14-12-10-8-6-2)45-35-39(19-17-37-21-27-41(48-3)28-22-37)25-31-43(45)44-32-26-40(36-46(44)47)20-18-38-23-29-42(49-4)30-24-38/h21-32,35-36H,5-16,33-34H2,1-4H3. The van der Waals surface area contributed by atoms with Crippen LogP contribution in [0.3, 0.4) is 0 Å². The quantitative estimate of drug-likeness (QED) is 0.0887. The van der Waals surface area contributed by atoms with Gasteiger partial charge in [-0.1, -0.05) is 127 Å². The Morgan fingerprint density at radius 1 is 0.429 bits per heavy atom. The Balaban J connectivity index is 1.52. The van der Waals surface area contributed by atoms with Gasteiger partial charge in [0.05, 0.1) is 14.2 Å². The van der Waals surface area contributed by atoms with Gasteiger partial charge in [-0.2, -0.15) is 0 Å². The first-order valence-corrected chi connectivity index (χ1v) is 18.7. The molecule has 4 aromatic carbocycles. The van der Waals surface area contributed by atoms with E-state index < -0.39 is 0 Å². The van der Waals surface area contributed by atoms with Gasteiger partial charge >= 0.3 is 0 Å². The number of rotatable bonds is 16. The Morgan fingerprint density at radius 2 is 0.776 bits per heavy atom. The fourth-order valence-corrected chi connectivity index (χ4v) is 7.37. The molecule has 0 amide bonds. The summed E-state index contributed by atoms with van der Waals surface area (Å²) in [5, 5.41) is 0. The molecule has 0 heterocycles. The number of fused-ring (bicyclic) bond motifs is 3. The topological polar surface area (TPSA) is 18.5 Å². The number of methoxy groups -OCH3 is 2. The first-order chi connectivity index (χ1) is 24.1. The summed E-state index contributed by atoms with van der Waals surface area (Å²) in [6, 6.07) is 30.0. The molecule has 5 rings (SSSR count). The van der Waals surface area contributed by atoms with Crippen LogP contribution in [0.1, 0.15) is 137 Å². The predicted octanol–water partition coefficient (Wildman–Crippen LogP) is 12.3. The van der Waals surface area contributed by atoms with E-state index in [1.54, 1.807) is 14.2 Å². The summed E-state index contributed by atoms with van der Waals surface area (Å²) in [6.45, 7) is 4.60. The lowest BCUT2D eigenvalue weighted by atomic mass is 9.70. The van der Waals surface area contributed by atoms with E-state index in [-0.39, 0.29) is 5.41 Å². The van der Waals surface area contributed by atoms with E-state index in [9.17, 15) is 0 Å². The molecule has 0 saturated carbocycles. The summed E-state index contributed by atoms with van der Waals surface area (Å²) in [7, 11) is 3.39. The molecule has 0 saturated heterocycles. The molecule has 2 heteroatoms. The molecular weight excluding hydrogens is 597 g/mol. The summed E-state index contributed by atoms with van der Waals surface area (Å²) in [5.41, 5.74) is 9.79. The number of hydrogen-bond donors (Lipinski definition) is 0. The summed E-state index contributed by atoms with van der Waals surface area (Å²) in [5.74, 6) is 15.5. The van der Waals surface area contributed by atoms with Crippen molar-refractivity contribution in [3.63, 3.8) is 0 Å². The molecule has 0 atom stereocenters. The molecule has 49 heavy (non-hydrogen) atoms. The van der Waals surface area contributed by atoms with Crippen molar-refractivity contribution in [3.8, 4) is 46.3 Å². The minimum Gasteiger partial charge on any atom is -0.497 e. The van der Waals surface area contributed by atoms with Crippen molar-refractivity contribution in [2.75, 3.05) is 14.2 Å². The minimum atomic E-state index is -0.0320. The molecule has 0 N–H and O–H groups in total. The zero-order chi connectivity index (χ0) is 34.3. The number of ether oxygens (including phenoxy) is 2. The first kappa shape index (κ1) is 35.9. The highest BCUT2D eigenvalue weighted by molar-refractivity contribution is 5.82. The van der Waals surface area contributed by atoms with Gasteiger partial charge in [-0.25, -0.2) is 0 Å². The fourth-order valence-electron chi connectivity index (χ4n) is 7.37. The van der Waals surface area contributed by atoms with Crippen molar-refractivity contribution in [2.45, 2.75) is 109 Å². The Kier molecular flexibility index (Phi) is 13.5. The third-order valence-electron chi connectivity index (χ3n) is 10.2. The Hall–Kier alpha value is -4.40. The van der Waals surface area contributed by atoms with E-state index >= 15 is 0 Å². The van der Waals surface area contributed by atoms with Gasteiger partial charge in [0.2, 0.25) is 0 Å². The lowest BCUT2D eigenvalue weighted by Crippen LogP contribution is -2.26. The summed E-state index contributed by atoms with van der Waals surface area (Å²) < 4.78 is 10.7. The highest BCUT2D eigenvalue weighted by Gasteiger charge is 2.42. The van der Waals surface area contributed by atoms with Crippen LogP contribution in [0, 0.1) is 23.7 Å². The summed E-state index contributed by atoms with van der Waals surface area (Å²) >= 11 is 0. The third kappa shape index (κ3) is 9.40. The van der Waals surface area contributed by atoms with Crippen molar-refractivity contribution < 1.29 is 9.47 Å². The molecule has 254 valence electrons. The molecule has 0 fully saturated rings. The number of unbranched alkanes of at least 4 members (excludes halogenated alkanes) is 10. The molecule has 0 spiro atoms. The van der Waals surface area contributed by atoms with Gasteiger partial charge in [-0.15, -0.1) is 0 Å². The van der Waals surface area contributed by atoms with Crippen LogP contribution >= 0.6 is 0 Å². The van der Waals surface area contributed by atoms with Crippen LogP contribution in [-0.4, -0.2) is 14.2 Å². The van der Waals surface area contributed by atoms with Crippen molar-refractivity contribution >= 4 is 0 Å². The van der Waals surface area contributed by atoms with Crippen LogP contribution in [0.4, 0.5) is 0 Å². The zero-order valence-electron chi connectivity index (χ0n) is 30.3. The minimum absolute atomic E-state index is 0.0320. The van der Waals surface area contributed by atoms with Crippen LogP contribution in [0.5, 0.6) is 11.5 Å². The molecule has 4 aromatic rings. The van der Waals surface area contributed by atoms with Gasteiger partial charge in [0, 0.05) is 27.7 Å². The highest BCUT2D eigenvalue weighted by Crippen LogP contribution is 2.54. The maximum Gasteiger partial charge on any atom is 0.118 e. The lowest BCUT2D eigenvalue weighted by Gasteiger charge is -2.33. The van der Waals surface area contributed by atoms with Crippen molar-refractivity contribution in [2.24, 2.45) is 0 Å². The molecule has 0 unspecified atom stereocenters. The van der Waals surface area contributed by atoms with E-state index in [2.05, 4.69) is 73.9 Å². The smallest absolute Gasteiger partial charge is 0.118 e. The van der Waals surface area contributed by atoms with Crippen LogP contribution in [0.15, 0.2) is 84.9 Å². The largest absolute Gasteiger partial charge is 0.497 e. The van der Waals surface area contributed by atoms with Crippen LogP contribution < -0.4 is 9.47 Å². The van der Waals surface area contributed by atoms with Crippen LogP contribution in [0.25, 0.3) is 11.1 Å². The molecule has 0 aromatic heterocycles. The van der Waals surface area contributed by atoms with E-state index in [0.29, 0.717) is 0 Å². The second kappa shape index (κ2) is 18.4. The molecule has 0 radical (unpaired) electrons. The Bertz CT molecular complexity index is 1620. The van der Waals surface area contributed by atoms with Gasteiger partial charge in [0.15, 0.2) is 0 Å². The number of hydrogen-bond acceptors (Lipinski definition) is 2. The SMILES string of the molecule is CCCCCCCCC1(CCCCCCCC)c2cc(C#Cc3ccc(OC)cc3)ccc2-c2ccc(C#Cc3ccc(OC)cc3)cc21. The summed E-state index contributed by atoms with van der Waals surface area (Å²) in [4.78, 5) is 0. The fraction of sp³-hybridized carbons (Fsp3) is 0.404. The zero-order valence-corrected chi connectivity index (χ0v) is 30.3. The van der Waals surface area contributed by atoms with Gasteiger partial charge in [-0.3, -0.25) is 0 Å². The van der Waals surface area contributed by atoms with Gasteiger partial charge in [0.25, 0.3) is 0 Å². The second-order valence-electron chi connectivity index (χ2n) is 13.6. The third-order valence-corrected chi connectivity index (χ3v) is 10.2. The van der Waals surface area contributed by atoms with E-state index in [0.717, 1.165) is 33.8 Å². The van der Waals surface area contributed by atoms with Crippen molar-refractivity contribution in [1.29, 1.82) is 0 Å². The molecule has 0 bridgehead atoms. The van der Waals surface area contributed by atoms with Crippen LogP contribution in [-0.2, 0) is 5.41 Å². The van der Waals surface area contributed by atoms with E-state index in [1.165, 1.54) is 112 Å². The second-order valence-corrected chi connectivity index (χ2v) is 13.6. The summed E-state index contributed by atoms with van der Waals surface area (Å²) in [6.07, 6.45) is 17.9. The molecule has 2 nitrogen and oxygen atoms in total. The van der Waals surface area contributed by atoms with Crippen LogP contribution in [0.2, 0.25) is 0 Å². The average molecular weight is 651 g/mol. The molecule has 1 aliphatic carbocycles. The normalized spacial score (nSPS) is 12.2. The number of benzene rings is 4. The van der Waals surface area contributed by atoms with E-state index in [4.69, 9.17) is 9.47 Å². The predicted molar refractivity (Wildman–Crippen MR) is 207 cm³/mol.